The third-order valence-corrected chi connectivity index (χ3v) is 2.85. The van der Waals surface area contributed by atoms with Crippen LogP contribution in [-0.4, -0.2) is 17.7 Å². The van der Waals surface area contributed by atoms with Gasteiger partial charge in [0.2, 0.25) is 5.76 Å². The van der Waals surface area contributed by atoms with E-state index in [0.29, 0.717) is 11.0 Å². The summed E-state index contributed by atoms with van der Waals surface area (Å²) in [6.45, 7) is 1.94. The summed E-state index contributed by atoms with van der Waals surface area (Å²) in [5.41, 5.74) is 0.645. The van der Waals surface area contributed by atoms with Crippen LogP contribution in [0.1, 0.15) is 29.3 Å². The number of carbonyl (C=O) groups excluding carboxylic acids is 1. The van der Waals surface area contributed by atoms with Crippen molar-refractivity contribution in [2.24, 2.45) is 0 Å². The summed E-state index contributed by atoms with van der Waals surface area (Å²) in [5, 5.41) is 10.0. The molecule has 0 radical (unpaired) electrons. The van der Waals surface area contributed by atoms with Crippen LogP contribution in [0.3, 0.4) is 0 Å². The molecule has 1 aliphatic heterocycles. The van der Waals surface area contributed by atoms with E-state index >= 15 is 0 Å². The number of phenols is 1. The van der Waals surface area contributed by atoms with Crippen LogP contribution in [0.25, 0.3) is 11.0 Å². The van der Waals surface area contributed by atoms with Crippen molar-refractivity contribution in [3.8, 4) is 5.75 Å². The van der Waals surface area contributed by atoms with Crippen molar-refractivity contribution in [3.05, 3.63) is 42.0 Å². The van der Waals surface area contributed by atoms with Gasteiger partial charge in [0.05, 0.1) is 6.61 Å². The lowest BCUT2D eigenvalue weighted by atomic mass is 10.1. The number of phenolic OH excluding ortho intramolecular Hbond substituents is 1. The van der Waals surface area contributed by atoms with Crippen LogP contribution in [0.4, 0.5) is 0 Å². The van der Waals surface area contributed by atoms with Gasteiger partial charge in [-0.2, -0.15) is 0 Å². The van der Waals surface area contributed by atoms with Crippen LogP contribution in [-0.2, 0) is 14.2 Å². The van der Waals surface area contributed by atoms with E-state index in [2.05, 4.69) is 0 Å². The van der Waals surface area contributed by atoms with Gasteiger partial charge in [0.1, 0.15) is 29.4 Å². The largest absolute Gasteiger partial charge is 0.508 e. The normalized spacial score (nSPS) is 14.2. The molecule has 0 aliphatic carbocycles. The van der Waals surface area contributed by atoms with Gasteiger partial charge in [-0.25, -0.2) is 4.79 Å². The van der Waals surface area contributed by atoms with E-state index in [1.165, 1.54) is 24.7 Å². The number of carbonyl (C=O) groups is 1. The fraction of sp³-hybridized carbons (Fsp3) is 0.214. The van der Waals surface area contributed by atoms with Gasteiger partial charge in [-0.15, -0.1) is 0 Å². The summed E-state index contributed by atoms with van der Waals surface area (Å²) >= 11 is 0. The zero-order valence-corrected chi connectivity index (χ0v) is 10.7. The summed E-state index contributed by atoms with van der Waals surface area (Å²) in [4.78, 5) is 12.1. The highest BCUT2D eigenvalue weighted by Gasteiger charge is 2.31. The van der Waals surface area contributed by atoms with E-state index in [1.54, 1.807) is 13.0 Å². The number of hydrogen-bond donors (Lipinski definition) is 1. The highest BCUT2D eigenvalue weighted by molar-refractivity contribution is 6.05. The minimum Gasteiger partial charge on any atom is -0.508 e. The summed E-state index contributed by atoms with van der Waals surface area (Å²) in [6.07, 6.45) is 1.90. The third kappa shape index (κ3) is 1.95. The number of aromatic hydroxyl groups is 1. The van der Waals surface area contributed by atoms with E-state index in [-0.39, 0.29) is 23.7 Å². The van der Waals surface area contributed by atoms with Crippen molar-refractivity contribution >= 4 is 16.9 Å². The Labute approximate surface area is 114 Å². The predicted molar refractivity (Wildman–Crippen MR) is 67.9 cm³/mol. The number of furan rings is 1. The quantitative estimate of drug-likeness (QED) is 0.868. The molecule has 6 heteroatoms. The molecule has 1 aromatic carbocycles. The van der Waals surface area contributed by atoms with Crippen molar-refractivity contribution in [2.45, 2.75) is 13.2 Å². The Morgan fingerprint density at radius 3 is 2.80 bits per heavy atom. The maximum absolute atomic E-state index is 12.1. The SMILES string of the molecule is CCOC(=O)c1c(C2OC=CO2)oc2ccc(O)cc12. The Morgan fingerprint density at radius 1 is 1.35 bits per heavy atom. The highest BCUT2D eigenvalue weighted by Crippen LogP contribution is 2.36. The molecule has 0 saturated carbocycles. The number of fused-ring (bicyclic) bond motifs is 1. The van der Waals surface area contributed by atoms with E-state index in [9.17, 15) is 9.90 Å². The lowest BCUT2D eigenvalue weighted by Crippen LogP contribution is -2.09. The smallest absolute Gasteiger partial charge is 0.342 e. The molecule has 104 valence electrons. The Morgan fingerprint density at radius 2 is 2.10 bits per heavy atom. The van der Waals surface area contributed by atoms with Gasteiger partial charge in [0.15, 0.2) is 0 Å². The zero-order valence-electron chi connectivity index (χ0n) is 10.7. The van der Waals surface area contributed by atoms with Crippen LogP contribution >= 0.6 is 0 Å². The number of benzene rings is 1. The predicted octanol–water partition coefficient (Wildman–Crippen LogP) is 2.83. The first-order valence-corrected chi connectivity index (χ1v) is 6.09. The summed E-state index contributed by atoms with van der Waals surface area (Å²) in [6, 6.07) is 4.48. The number of esters is 1. The first-order chi connectivity index (χ1) is 9.70. The van der Waals surface area contributed by atoms with E-state index in [1.807, 2.05) is 0 Å². The first-order valence-electron chi connectivity index (χ1n) is 6.09. The molecular weight excluding hydrogens is 264 g/mol. The topological polar surface area (TPSA) is 78.1 Å². The van der Waals surface area contributed by atoms with Gasteiger partial charge < -0.3 is 23.7 Å². The zero-order chi connectivity index (χ0) is 14.1. The lowest BCUT2D eigenvalue weighted by molar-refractivity contribution is -0.0405. The van der Waals surface area contributed by atoms with Crippen molar-refractivity contribution in [1.29, 1.82) is 0 Å². The monoisotopic (exact) mass is 276 g/mol. The standard InChI is InChI=1S/C14H12O6/c1-2-17-13(16)11-9-7-8(15)3-4-10(9)20-12(11)14-18-5-6-19-14/h3-7,14-15H,2H2,1H3. The number of ether oxygens (including phenoxy) is 3. The number of rotatable bonds is 3. The second-order valence-electron chi connectivity index (χ2n) is 4.12. The second-order valence-corrected chi connectivity index (χ2v) is 4.12. The van der Waals surface area contributed by atoms with Gasteiger partial charge in [0.25, 0.3) is 6.29 Å². The van der Waals surface area contributed by atoms with Gasteiger partial charge in [-0.1, -0.05) is 0 Å². The fourth-order valence-corrected chi connectivity index (χ4v) is 2.05. The summed E-state index contributed by atoms with van der Waals surface area (Å²) in [7, 11) is 0. The van der Waals surface area contributed by atoms with Crippen molar-refractivity contribution in [1.82, 2.24) is 0 Å². The lowest BCUT2D eigenvalue weighted by Gasteiger charge is -2.09. The van der Waals surface area contributed by atoms with Crippen molar-refractivity contribution in [3.63, 3.8) is 0 Å². The molecule has 1 N–H and O–H groups in total. The van der Waals surface area contributed by atoms with Gasteiger partial charge in [-0.3, -0.25) is 0 Å². The molecule has 0 amide bonds. The molecule has 0 bridgehead atoms. The van der Waals surface area contributed by atoms with Crippen molar-refractivity contribution < 1.29 is 28.5 Å². The molecule has 20 heavy (non-hydrogen) atoms. The van der Waals surface area contributed by atoms with Gasteiger partial charge in [-0.05, 0) is 25.1 Å². The highest BCUT2D eigenvalue weighted by atomic mass is 16.7. The van der Waals surface area contributed by atoms with E-state index in [4.69, 9.17) is 18.6 Å². The van der Waals surface area contributed by atoms with Crippen LogP contribution in [0.5, 0.6) is 5.75 Å². The van der Waals surface area contributed by atoms with E-state index < -0.39 is 12.3 Å². The Hall–Kier alpha value is -2.63. The average Bonchev–Trinajstić information content (AvgIpc) is 3.05. The second kappa shape index (κ2) is 4.80. The van der Waals surface area contributed by atoms with Crippen molar-refractivity contribution in [2.75, 3.05) is 6.61 Å². The minimum absolute atomic E-state index is 0.0294. The third-order valence-electron chi connectivity index (χ3n) is 2.85. The summed E-state index contributed by atoms with van der Waals surface area (Å²) < 4.78 is 21.0. The molecule has 2 heterocycles. The average molecular weight is 276 g/mol. The fourth-order valence-electron chi connectivity index (χ4n) is 2.05. The van der Waals surface area contributed by atoms with Crippen LogP contribution in [0, 0.1) is 0 Å². The van der Waals surface area contributed by atoms with Crippen LogP contribution in [0.15, 0.2) is 35.1 Å². The molecule has 1 aliphatic rings. The maximum atomic E-state index is 12.1. The summed E-state index contributed by atoms with van der Waals surface area (Å²) in [5.74, 6) is -0.304. The molecule has 2 aromatic rings. The van der Waals surface area contributed by atoms with Crippen LogP contribution in [0.2, 0.25) is 0 Å². The first kappa shape index (κ1) is 12.4. The molecule has 0 unspecified atom stereocenters. The molecule has 0 fully saturated rings. The molecule has 1 aromatic heterocycles. The maximum Gasteiger partial charge on any atom is 0.342 e. The molecule has 0 saturated heterocycles. The molecule has 6 nitrogen and oxygen atoms in total. The Kier molecular flexibility index (Phi) is 2.98. The minimum atomic E-state index is -0.830. The van der Waals surface area contributed by atoms with E-state index in [0.717, 1.165) is 0 Å². The molecule has 0 atom stereocenters. The molecule has 0 spiro atoms. The Bertz CT molecular complexity index is 676. The Balaban J connectivity index is 2.16. The molecular formula is C14H12O6. The number of hydrogen-bond acceptors (Lipinski definition) is 6. The van der Waals surface area contributed by atoms with Crippen LogP contribution < -0.4 is 0 Å². The van der Waals surface area contributed by atoms with Gasteiger partial charge in [0, 0.05) is 5.39 Å². The van der Waals surface area contributed by atoms with Gasteiger partial charge >= 0.3 is 5.97 Å². The molecule has 3 rings (SSSR count).